The van der Waals surface area contributed by atoms with Crippen LogP contribution in [0.2, 0.25) is 0 Å². The van der Waals surface area contributed by atoms with Crippen molar-refractivity contribution in [2.45, 2.75) is 39.0 Å². The minimum Gasteiger partial charge on any atom is -0.370 e. The van der Waals surface area contributed by atoms with Gasteiger partial charge in [0.25, 0.3) is 0 Å². The van der Waals surface area contributed by atoms with Gasteiger partial charge < -0.3 is 15.5 Å². The normalized spacial score (nSPS) is 19.5. The molecule has 0 spiro atoms. The van der Waals surface area contributed by atoms with Crippen LogP contribution in [0.25, 0.3) is 10.9 Å². The first-order valence-electron chi connectivity index (χ1n) is 11.2. The number of amides is 2. The van der Waals surface area contributed by atoms with Crippen molar-refractivity contribution in [2.24, 2.45) is 5.92 Å². The van der Waals surface area contributed by atoms with Crippen LogP contribution < -0.4 is 15.5 Å². The Morgan fingerprint density at radius 3 is 2.88 bits per heavy atom. The topological polar surface area (TPSA) is 74.3 Å². The molecule has 2 aliphatic rings. The summed E-state index contributed by atoms with van der Waals surface area (Å²) >= 11 is 0. The molecule has 1 fully saturated rings. The number of nitrogens with one attached hydrogen (secondary N) is 2. The zero-order valence-corrected chi connectivity index (χ0v) is 18.7. The van der Waals surface area contributed by atoms with Crippen LogP contribution in [0.5, 0.6) is 0 Å². The SMILES string of the molecule is Cc1ccc2nccc(N3CCCC(C(=O)Nc4ccc5c(c4)C(C)(C)C(=O)N5)C3)c2c1. The van der Waals surface area contributed by atoms with Gasteiger partial charge in [0, 0.05) is 41.7 Å². The Balaban J connectivity index is 1.35. The molecule has 1 unspecified atom stereocenters. The maximum atomic E-state index is 13.2. The van der Waals surface area contributed by atoms with Gasteiger partial charge in [0.1, 0.15) is 0 Å². The van der Waals surface area contributed by atoms with Gasteiger partial charge in [-0.15, -0.1) is 0 Å². The minimum atomic E-state index is -0.599. The largest absolute Gasteiger partial charge is 0.370 e. The van der Waals surface area contributed by atoms with Crippen LogP contribution in [0.15, 0.2) is 48.7 Å². The molecule has 1 atom stereocenters. The molecule has 6 heteroatoms. The second kappa shape index (κ2) is 7.62. The quantitative estimate of drug-likeness (QED) is 0.638. The average Bonchev–Trinajstić information content (AvgIpc) is 3.01. The van der Waals surface area contributed by atoms with Crippen molar-refractivity contribution < 1.29 is 9.59 Å². The van der Waals surface area contributed by atoms with Crippen molar-refractivity contribution in [3.63, 3.8) is 0 Å². The first-order chi connectivity index (χ1) is 15.3. The standard InChI is InChI=1S/C26H28N4O2/c1-16-6-8-21-19(13-16)23(10-11-27-21)30-12-4-5-17(15-30)24(31)28-18-7-9-22-20(14-18)26(2,3)25(32)29-22/h6-11,13-14,17H,4-5,12,15H2,1-3H3,(H,28,31)(H,29,32). The summed E-state index contributed by atoms with van der Waals surface area (Å²) in [7, 11) is 0. The third-order valence-corrected chi connectivity index (χ3v) is 6.78. The average molecular weight is 429 g/mol. The van der Waals surface area contributed by atoms with Crippen LogP contribution in [0.4, 0.5) is 17.1 Å². The fraction of sp³-hybridized carbons (Fsp3) is 0.346. The molecule has 0 bridgehead atoms. The van der Waals surface area contributed by atoms with Crippen LogP contribution in [0.1, 0.15) is 37.8 Å². The van der Waals surface area contributed by atoms with Crippen molar-refractivity contribution in [2.75, 3.05) is 28.6 Å². The van der Waals surface area contributed by atoms with E-state index in [0.717, 1.165) is 52.9 Å². The Labute approximate surface area is 188 Å². The number of benzene rings is 2. The molecule has 3 heterocycles. The van der Waals surface area contributed by atoms with E-state index in [0.29, 0.717) is 6.54 Å². The smallest absolute Gasteiger partial charge is 0.234 e. The van der Waals surface area contributed by atoms with Crippen molar-refractivity contribution in [1.29, 1.82) is 0 Å². The highest BCUT2D eigenvalue weighted by atomic mass is 16.2. The highest BCUT2D eigenvalue weighted by Gasteiger charge is 2.38. The summed E-state index contributed by atoms with van der Waals surface area (Å²) in [5, 5.41) is 7.14. The predicted molar refractivity (Wildman–Crippen MR) is 128 cm³/mol. The first kappa shape index (κ1) is 20.5. The molecular formula is C26H28N4O2. The van der Waals surface area contributed by atoms with E-state index < -0.39 is 5.41 Å². The molecule has 0 saturated carbocycles. The van der Waals surface area contributed by atoms with Crippen LogP contribution in [-0.4, -0.2) is 29.9 Å². The summed E-state index contributed by atoms with van der Waals surface area (Å²) in [6.07, 6.45) is 3.67. The number of aromatic nitrogens is 1. The molecule has 1 saturated heterocycles. The number of nitrogens with zero attached hydrogens (tertiary/aromatic N) is 2. The van der Waals surface area contributed by atoms with Gasteiger partial charge >= 0.3 is 0 Å². The van der Waals surface area contributed by atoms with E-state index in [1.54, 1.807) is 0 Å². The van der Waals surface area contributed by atoms with Crippen molar-refractivity contribution in [1.82, 2.24) is 4.98 Å². The van der Waals surface area contributed by atoms with Crippen LogP contribution in [-0.2, 0) is 15.0 Å². The molecule has 6 nitrogen and oxygen atoms in total. The van der Waals surface area contributed by atoms with Gasteiger partial charge in [-0.25, -0.2) is 0 Å². The van der Waals surface area contributed by atoms with E-state index in [9.17, 15) is 9.59 Å². The molecule has 2 amide bonds. The minimum absolute atomic E-state index is 0.0151. The van der Waals surface area contributed by atoms with Crippen molar-refractivity contribution in [3.8, 4) is 0 Å². The van der Waals surface area contributed by atoms with Gasteiger partial charge in [-0.3, -0.25) is 14.6 Å². The zero-order chi connectivity index (χ0) is 22.5. The maximum Gasteiger partial charge on any atom is 0.234 e. The van der Waals surface area contributed by atoms with Crippen molar-refractivity contribution >= 4 is 39.8 Å². The summed E-state index contributed by atoms with van der Waals surface area (Å²) < 4.78 is 0. The first-order valence-corrected chi connectivity index (χ1v) is 11.2. The second-order valence-electron chi connectivity index (χ2n) is 9.46. The van der Waals surface area contributed by atoms with E-state index in [-0.39, 0.29) is 17.7 Å². The molecule has 2 aromatic carbocycles. The lowest BCUT2D eigenvalue weighted by Crippen LogP contribution is -2.40. The van der Waals surface area contributed by atoms with Gasteiger partial charge in [0.15, 0.2) is 0 Å². The van der Waals surface area contributed by atoms with Gasteiger partial charge in [0.05, 0.1) is 16.8 Å². The number of hydrogen-bond acceptors (Lipinski definition) is 4. The Kier molecular flexibility index (Phi) is 4.88. The molecule has 1 aromatic heterocycles. The van der Waals surface area contributed by atoms with Crippen LogP contribution >= 0.6 is 0 Å². The number of aryl methyl sites for hydroxylation is 1. The summed E-state index contributed by atoms with van der Waals surface area (Å²) in [6.45, 7) is 7.50. The highest BCUT2D eigenvalue weighted by Crippen LogP contribution is 2.39. The molecule has 0 radical (unpaired) electrons. The summed E-state index contributed by atoms with van der Waals surface area (Å²) in [5.41, 5.74) is 5.19. The molecule has 0 aliphatic carbocycles. The van der Waals surface area contributed by atoms with Gasteiger partial charge in [-0.2, -0.15) is 0 Å². The maximum absolute atomic E-state index is 13.2. The molecule has 5 rings (SSSR count). The summed E-state index contributed by atoms with van der Waals surface area (Å²) in [6, 6.07) is 14.0. The van der Waals surface area contributed by atoms with E-state index in [4.69, 9.17) is 0 Å². The highest BCUT2D eigenvalue weighted by molar-refractivity contribution is 6.06. The van der Waals surface area contributed by atoms with E-state index in [1.807, 2.05) is 38.2 Å². The lowest BCUT2D eigenvalue weighted by molar-refractivity contribution is -0.120. The monoisotopic (exact) mass is 428 g/mol. The Bertz CT molecular complexity index is 1230. The van der Waals surface area contributed by atoms with Crippen LogP contribution in [0, 0.1) is 12.8 Å². The fourth-order valence-corrected chi connectivity index (χ4v) is 4.82. The lowest BCUT2D eigenvalue weighted by atomic mass is 9.86. The molecule has 2 aliphatic heterocycles. The lowest BCUT2D eigenvalue weighted by Gasteiger charge is -2.34. The van der Waals surface area contributed by atoms with Gasteiger partial charge in [-0.1, -0.05) is 11.6 Å². The fourth-order valence-electron chi connectivity index (χ4n) is 4.82. The third-order valence-electron chi connectivity index (χ3n) is 6.78. The molecule has 3 aromatic rings. The number of fused-ring (bicyclic) bond motifs is 2. The number of pyridine rings is 1. The predicted octanol–water partition coefficient (Wildman–Crippen LogP) is 4.63. The number of rotatable bonds is 3. The van der Waals surface area contributed by atoms with Crippen molar-refractivity contribution in [3.05, 3.63) is 59.8 Å². The molecule has 164 valence electrons. The number of carbonyl (C=O) groups is 2. The van der Waals surface area contributed by atoms with Gasteiger partial charge in [-0.05, 0) is 75.6 Å². The summed E-state index contributed by atoms with van der Waals surface area (Å²) in [5.74, 6) is -0.0872. The number of carbonyl (C=O) groups excluding carboxylic acids is 2. The number of anilines is 3. The molecule has 2 N–H and O–H groups in total. The van der Waals surface area contributed by atoms with E-state index >= 15 is 0 Å². The van der Waals surface area contributed by atoms with Gasteiger partial charge in [0.2, 0.25) is 11.8 Å². The number of piperidine rings is 1. The Hall–Kier alpha value is -3.41. The van der Waals surface area contributed by atoms with Crippen LogP contribution in [0.3, 0.4) is 0 Å². The third kappa shape index (κ3) is 3.49. The zero-order valence-electron chi connectivity index (χ0n) is 18.7. The second-order valence-corrected chi connectivity index (χ2v) is 9.46. The summed E-state index contributed by atoms with van der Waals surface area (Å²) in [4.78, 5) is 32.2. The molecule has 32 heavy (non-hydrogen) atoms. The Morgan fingerprint density at radius 1 is 1.19 bits per heavy atom. The van der Waals surface area contributed by atoms with E-state index in [1.165, 1.54) is 5.56 Å². The number of hydrogen-bond donors (Lipinski definition) is 2. The van der Waals surface area contributed by atoms with E-state index in [2.05, 4.69) is 51.7 Å². The molecular weight excluding hydrogens is 400 g/mol. The Morgan fingerprint density at radius 2 is 2.03 bits per heavy atom.